The lowest BCUT2D eigenvalue weighted by Crippen LogP contribution is -2.60. The summed E-state index contributed by atoms with van der Waals surface area (Å²) < 4.78 is 2.90. The van der Waals surface area contributed by atoms with Crippen LogP contribution >= 0.6 is 11.3 Å². The number of hydrogen-bond donors (Lipinski definition) is 0. The van der Waals surface area contributed by atoms with Gasteiger partial charge in [0.2, 0.25) is 0 Å². The van der Waals surface area contributed by atoms with Crippen molar-refractivity contribution in [3.8, 4) is 0 Å². The molecule has 5 aliphatic rings. The van der Waals surface area contributed by atoms with Gasteiger partial charge in [-0.15, -0.1) is 11.3 Å². The van der Waals surface area contributed by atoms with Crippen molar-refractivity contribution < 1.29 is 0 Å². The number of fused-ring (bicyclic) bond motifs is 9. The summed E-state index contributed by atoms with van der Waals surface area (Å²) in [5.74, 6) is 0. The molecule has 2 nitrogen and oxygen atoms in total. The largest absolute Gasteiger partial charge is 0.311 e. The third-order valence-corrected chi connectivity index (χ3v) is 17.5. The standard InChI is InChI=1S/C59H69BN2S/c1-38-31-51-54-52(32-38)62(45-26-27-47-48(37-45)59(7,8)30-29-58(47,5)6)55-46-36-43(57(2,3)4)24-28-53(46)63-56(55)60(54)49-34-41-21-17-13-10-14-18-22-42(41)35-50(49)61(51)44-25-23-39-19-15-11-9-12-16-20-40(39)33-44/h23-28,31-37H,9-22,29-30H2,1-8H3. The summed E-state index contributed by atoms with van der Waals surface area (Å²) in [6.45, 7) is 19.5. The van der Waals surface area contributed by atoms with Crippen LogP contribution in [0.5, 0.6) is 0 Å². The van der Waals surface area contributed by atoms with Gasteiger partial charge >= 0.3 is 0 Å². The second kappa shape index (κ2) is 15.4. The molecule has 0 amide bonds. The van der Waals surface area contributed by atoms with Gasteiger partial charge in [0, 0.05) is 43.3 Å². The van der Waals surface area contributed by atoms with Crippen LogP contribution in [0, 0.1) is 6.92 Å². The van der Waals surface area contributed by atoms with Crippen LogP contribution < -0.4 is 25.5 Å². The predicted molar refractivity (Wildman–Crippen MR) is 276 cm³/mol. The van der Waals surface area contributed by atoms with E-state index in [1.807, 2.05) is 0 Å². The molecule has 63 heavy (non-hydrogen) atoms. The summed E-state index contributed by atoms with van der Waals surface area (Å²) in [4.78, 5) is 5.48. The number of anilines is 6. The molecule has 0 unspecified atom stereocenters. The van der Waals surface area contributed by atoms with Gasteiger partial charge in [-0.05, 0) is 197 Å². The minimum atomic E-state index is 0.0463. The number of benzene rings is 5. The Morgan fingerprint density at radius 2 is 1.11 bits per heavy atom. The first-order chi connectivity index (χ1) is 30.3. The van der Waals surface area contributed by atoms with Crippen molar-refractivity contribution in [2.75, 3.05) is 9.80 Å². The summed E-state index contributed by atoms with van der Waals surface area (Å²) >= 11 is 2.06. The molecule has 3 aliphatic carbocycles. The molecular weight excluding hydrogens is 780 g/mol. The fraction of sp³-hybridized carbons (Fsp3) is 0.458. The second-order valence-electron chi connectivity index (χ2n) is 22.8. The molecule has 11 rings (SSSR count). The molecule has 0 atom stereocenters. The Morgan fingerprint density at radius 1 is 0.540 bits per heavy atom. The van der Waals surface area contributed by atoms with E-state index in [-0.39, 0.29) is 23.0 Å². The zero-order valence-corrected chi connectivity index (χ0v) is 40.5. The van der Waals surface area contributed by atoms with Gasteiger partial charge in [0.15, 0.2) is 0 Å². The van der Waals surface area contributed by atoms with Gasteiger partial charge in [0.05, 0.1) is 5.69 Å². The van der Waals surface area contributed by atoms with Gasteiger partial charge in [0.25, 0.3) is 6.71 Å². The van der Waals surface area contributed by atoms with Crippen LogP contribution in [0.25, 0.3) is 10.1 Å². The maximum absolute atomic E-state index is 2.74. The van der Waals surface area contributed by atoms with Crippen LogP contribution in [0.15, 0.2) is 78.9 Å². The Balaban J connectivity index is 1.22. The molecule has 0 radical (unpaired) electrons. The fourth-order valence-corrected chi connectivity index (χ4v) is 13.8. The minimum absolute atomic E-state index is 0.0463. The van der Waals surface area contributed by atoms with E-state index in [0.29, 0.717) is 0 Å². The molecule has 0 saturated carbocycles. The van der Waals surface area contributed by atoms with E-state index in [1.165, 1.54) is 185 Å². The Bertz CT molecular complexity index is 2780. The van der Waals surface area contributed by atoms with Gasteiger partial charge in [-0.25, -0.2) is 0 Å². The third-order valence-electron chi connectivity index (χ3n) is 16.3. The molecule has 3 heterocycles. The highest BCUT2D eigenvalue weighted by Crippen LogP contribution is 2.52. The van der Waals surface area contributed by atoms with Crippen LogP contribution in [-0.2, 0) is 41.9 Å². The summed E-state index contributed by atoms with van der Waals surface area (Å²) in [5, 5.41) is 1.40. The average Bonchev–Trinajstić information content (AvgIpc) is 3.71. The Kier molecular flexibility index (Phi) is 10.1. The van der Waals surface area contributed by atoms with Crippen molar-refractivity contribution in [1.82, 2.24) is 0 Å². The van der Waals surface area contributed by atoms with Gasteiger partial charge < -0.3 is 9.80 Å². The van der Waals surface area contributed by atoms with E-state index in [9.17, 15) is 0 Å². The molecule has 0 N–H and O–H groups in total. The van der Waals surface area contributed by atoms with E-state index < -0.39 is 0 Å². The minimum Gasteiger partial charge on any atom is -0.311 e. The summed E-state index contributed by atoms with van der Waals surface area (Å²) in [5.41, 5.74) is 23.6. The Morgan fingerprint density at radius 3 is 1.79 bits per heavy atom. The van der Waals surface area contributed by atoms with Crippen LogP contribution in [0.4, 0.5) is 34.1 Å². The van der Waals surface area contributed by atoms with Crippen LogP contribution in [0.2, 0.25) is 0 Å². The molecule has 1 aromatic heterocycles. The molecule has 324 valence electrons. The molecule has 0 bridgehead atoms. The monoisotopic (exact) mass is 849 g/mol. The number of nitrogens with zero attached hydrogens (tertiary/aromatic N) is 2. The highest BCUT2D eigenvalue weighted by molar-refractivity contribution is 7.33. The van der Waals surface area contributed by atoms with E-state index in [4.69, 9.17) is 0 Å². The smallest absolute Gasteiger partial charge is 0.264 e. The van der Waals surface area contributed by atoms with E-state index in [2.05, 4.69) is 155 Å². The first-order valence-corrected chi connectivity index (χ1v) is 25.8. The van der Waals surface area contributed by atoms with E-state index >= 15 is 0 Å². The molecule has 5 aromatic carbocycles. The van der Waals surface area contributed by atoms with Gasteiger partial charge in [0.1, 0.15) is 0 Å². The van der Waals surface area contributed by atoms with Crippen molar-refractivity contribution in [2.45, 2.75) is 174 Å². The molecule has 0 fully saturated rings. The molecule has 0 saturated heterocycles. The van der Waals surface area contributed by atoms with Crippen LogP contribution in [0.3, 0.4) is 0 Å². The SMILES string of the molecule is Cc1cc2c3c(c1)N(c1ccc4c(c1)C(C)(C)CCC4(C)C)c1c(sc4ccc(C(C)(C)C)cc14)B3c1cc3c(cc1N2c1ccc2c(c1)CCCCCCC2)CCCCCCC3. The quantitative estimate of drug-likeness (QED) is 0.160. The van der Waals surface area contributed by atoms with Crippen molar-refractivity contribution in [3.05, 3.63) is 123 Å². The number of hydrogen-bond acceptors (Lipinski definition) is 3. The molecule has 4 heteroatoms. The van der Waals surface area contributed by atoms with E-state index in [1.54, 1.807) is 22.3 Å². The highest BCUT2D eigenvalue weighted by Gasteiger charge is 2.46. The molecule has 6 aromatic rings. The summed E-state index contributed by atoms with van der Waals surface area (Å²) in [6.07, 6.45) is 20.5. The molecular formula is C59H69BN2S. The maximum atomic E-state index is 2.74. The zero-order chi connectivity index (χ0) is 43.4. The number of aryl methyl sites for hydroxylation is 5. The topological polar surface area (TPSA) is 6.48 Å². The molecule has 0 spiro atoms. The van der Waals surface area contributed by atoms with Crippen LogP contribution in [0.1, 0.15) is 170 Å². The maximum Gasteiger partial charge on any atom is 0.264 e. The lowest BCUT2D eigenvalue weighted by Gasteiger charge is -2.45. The fourth-order valence-electron chi connectivity index (χ4n) is 12.5. The summed E-state index contributed by atoms with van der Waals surface area (Å²) in [6, 6.07) is 33.2. The van der Waals surface area contributed by atoms with Crippen molar-refractivity contribution >= 4 is 78.0 Å². The van der Waals surface area contributed by atoms with Gasteiger partial charge in [-0.3, -0.25) is 0 Å². The van der Waals surface area contributed by atoms with Crippen molar-refractivity contribution in [1.29, 1.82) is 0 Å². The first-order valence-electron chi connectivity index (χ1n) is 25.0. The second-order valence-corrected chi connectivity index (χ2v) is 23.8. The van der Waals surface area contributed by atoms with Crippen molar-refractivity contribution in [3.63, 3.8) is 0 Å². The van der Waals surface area contributed by atoms with Gasteiger partial charge in [-0.2, -0.15) is 0 Å². The Hall–Kier alpha value is -4.28. The normalized spacial score (nSPS) is 19.2. The predicted octanol–water partition coefficient (Wildman–Crippen LogP) is 15.0. The third kappa shape index (κ3) is 7.03. The molecule has 2 aliphatic heterocycles. The average molecular weight is 849 g/mol. The first kappa shape index (κ1) is 41.4. The van der Waals surface area contributed by atoms with Crippen LogP contribution in [-0.4, -0.2) is 6.71 Å². The highest BCUT2D eigenvalue weighted by atomic mass is 32.1. The number of rotatable bonds is 2. The van der Waals surface area contributed by atoms with Gasteiger partial charge in [-0.1, -0.05) is 111 Å². The number of thiophene rings is 1. The lowest BCUT2D eigenvalue weighted by molar-refractivity contribution is 0.332. The van der Waals surface area contributed by atoms with Crippen molar-refractivity contribution in [2.24, 2.45) is 0 Å². The summed E-state index contributed by atoms with van der Waals surface area (Å²) in [7, 11) is 0. The zero-order valence-electron chi connectivity index (χ0n) is 39.7. The lowest BCUT2D eigenvalue weighted by atomic mass is 9.36. The van der Waals surface area contributed by atoms with E-state index in [0.717, 1.165) is 0 Å². The Labute approximate surface area is 383 Å².